The van der Waals surface area contributed by atoms with E-state index in [1.54, 1.807) is 11.6 Å². The summed E-state index contributed by atoms with van der Waals surface area (Å²) in [6, 6.07) is 4.36. The Hall–Kier alpha value is -3.08. The molecule has 1 aliphatic rings. The number of aliphatic hydroxyl groups is 1. The van der Waals surface area contributed by atoms with E-state index in [0.717, 1.165) is 23.1 Å². The topological polar surface area (TPSA) is 94.1 Å². The predicted octanol–water partition coefficient (Wildman–Crippen LogP) is 1.83. The molecule has 1 saturated carbocycles. The molecule has 8 nitrogen and oxygen atoms in total. The average Bonchev–Trinajstić information content (AvgIpc) is 3.26. The van der Waals surface area contributed by atoms with E-state index < -0.39 is 23.0 Å². The van der Waals surface area contributed by atoms with E-state index in [-0.39, 0.29) is 29.9 Å². The minimum absolute atomic E-state index is 0.0110. The molecule has 1 aromatic carbocycles. The second-order valence-electron chi connectivity index (χ2n) is 7.90. The van der Waals surface area contributed by atoms with E-state index >= 15 is 0 Å². The zero-order chi connectivity index (χ0) is 22.5. The molecule has 0 unspecified atom stereocenters. The number of anilines is 1. The van der Waals surface area contributed by atoms with E-state index in [4.69, 9.17) is 0 Å². The molecule has 2 atom stereocenters. The molecule has 2 N–H and O–H groups in total. The molecular formula is C20H22F3N5O3. The summed E-state index contributed by atoms with van der Waals surface area (Å²) in [6.07, 6.45) is -2.82. The lowest BCUT2D eigenvalue weighted by molar-refractivity contribution is -0.137. The summed E-state index contributed by atoms with van der Waals surface area (Å²) in [5.74, 6) is 0.411. The van der Waals surface area contributed by atoms with Gasteiger partial charge in [0, 0.05) is 20.1 Å². The van der Waals surface area contributed by atoms with Crippen LogP contribution in [0.15, 0.2) is 33.9 Å². The van der Waals surface area contributed by atoms with Gasteiger partial charge in [-0.3, -0.25) is 13.9 Å². The van der Waals surface area contributed by atoms with Gasteiger partial charge in [0.1, 0.15) is 0 Å². The largest absolute Gasteiger partial charge is 0.416 e. The molecule has 2 heterocycles. The third-order valence-corrected chi connectivity index (χ3v) is 5.72. The zero-order valence-electron chi connectivity index (χ0n) is 17.0. The van der Waals surface area contributed by atoms with Gasteiger partial charge in [0.05, 0.1) is 18.2 Å². The van der Waals surface area contributed by atoms with Crippen molar-refractivity contribution in [3.8, 4) is 0 Å². The van der Waals surface area contributed by atoms with E-state index in [1.165, 1.54) is 23.7 Å². The first-order valence-electron chi connectivity index (χ1n) is 9.83. The van der Waals surface area contributed by atoms with Gasteiger partial charge in [-0.25, -0.2) is 4.79 Å². The molecule has 0 spiro atoms. The van der Waals surface area contributed by atoms with Crippen LogP contribution in [0.25, 0.3) is 11.2 Å². The van der Waals surface area contributed by atoms with Gasteiger partial charge in [-0.1, -0.05) is 12.1 Å². The lowest BCUT2D eigenvalue weighted by Crippen LogP contribution is -2.39. The van der Waals surface area contributed by atoms with Crippen molar-refractivity contribution in [1.29, 1.82) is 0 Å². The van der Waals surface area contributed by atoms with Crippen molar-refractivity contribution in [1.82, 2.24) is 18.7 Å². The number of aryl methyl sites for hydroxylation is 2. The van der Waals surface area contributed by atoms with Gasteiger partial charge >= 0.3 is 11.9 Å². The van der Waals surface area contributed by atoms with Crippen molar-refractivity contribution in [2.45, 2.75) is 44.1 Å². The molecule has 11 heteroatoms. The van der Waals surface area contributed by atoms with Crippen LogP contribution in [0.1, 0.15) is 30.4 Å². The first-order chi connectivity index (χ1) is 14.6. The molecule has 0 aliphatic heterocycles. The zero-order valence-corrected chi connectivity index (χ0v) is 17.0. The maximum atomic E-state index is 13.1. The first kappa shape index (κ1) is 21.2. The molecular weight excluding hydrogens is 415 g/mol. The Balaban J connectivity index is 1.72. The quantitative estimate of drug-likeness (QED) is 0.650. The van der Waals surface area contributed by atoms with Gasteiger partial charge < -0.3 is 15.0 Å². The monoisotopic (exact) mass is 437 g/mol. The summed E-state index contributed by atoms with van der Waals surface area (Å²) in [6.45, 7) is -0.164. The number of alkyl halides is 3. The number of nitrogens with zero attached hydrogens (tertiary/aromatic N) is 4. The van der Waals surface area contributed by atoms with Crippen LogP contribution >= 0.6 is 0 Å². The van der Waals surface area contributed by atoms with Crippen molar-refractivity contribution >= 4 is 17.1 Å². The fourth-order valence-electron chi connectivity index (χ4n) is 3.97. The van der Waals surface area contributed by atoms with E-state index in [1.807, 2.05) is 0 Å². The van der Waals surface area contributed by atoms with Gasteiger partial charge in [-0.05, 0) is 37.0 Å². The molecule has 31 heavy (non-hydrogen) atoms. The lowest BCUT2D eigenvalue weighted by atomic mass is 10.1. The number of benzene rings is 1. The average molecular weight is 437 g/mol. The summed E-state index contributed by atoms with van der Waals surface area (Å²) in [5, 5.41) is 12.9. The standard InChI is InChI=1S/C20H22F3N5O3/c1-26-15-16(25-18(26)24-13-7-8-14(29)9-13)27(2)19(31)28(17(15)30)10-11-3-5-12(6-4-11)20(21,22)23/h3-6,13-14,29H,7-10H2,1-2H3,(H,24,25)/t13-,14+/m0/s1. The number of nitrogens with one attached hydrogen (secondary N) is 1. The Bertz CT molecular complexity index is 1240. The number of halogens is 3. The summed E-state index contributed by atoms with van der Waals surface area (Å²) in [4.78, 5) is 30.3. The maximum absolute atomic E-state index is 13.1. The number of rotatable bonds is 4. The van der Waals surface area contributed by atoms with Crippen molar-refractivity contribution in [3.05, 3.63) is 56.2 Å². The number of imidazole rings is 1. The second kappa shape index (κ2) is 7.56. The van der Waals surface area contributed by atoms with Gasteiger partial charge in [0.2, 0.25) is 5.95 Å². The van der Waals surface area contributed by atoms with Crippen LogP contribution in [0.5, 0.6) is 0 Å². The van der Waals surface area contributed by atoms with Gasteiger partial charge in [0.15, 0.2) is 11.2 Å². The van der Waals surface area contributed by atoms with Crippen molar-refractivity contribution in [2.75, 3.05) is 5.32 Å². The molecule has 166 valence electrons. The van der Waals surface area contributed by atoms with Gasteiger partial charge in [-0.2, -0.15) is 18.2 Å². The molecule has 3 aromatic rings. The van der Waals surface area contributed by atoms with Crippen molar-refractivity contribution in [3.63, 3.8) is 0 Å². The van der Waals surface area contributed by atoms with Crippen LogP contribution in [-0.4, -0.2) is 35.9 Å². The molecule has 0 amide bonds. The van der Waals surface area contributed by atoms with Crippen LogP contribution in [-0.2, 0) is 26.8 Å². The summed E-state index contributed by atoms with van der Waals surface area (Å²) >= 11 is 0. The highest BCUT2D eigenvalue weighted by Gasteiger charge is 2.30. The number of aromatic nitrogens is 4. The molecule has 1 aliphatic carbocycles. The van der Waals surface area contributed by atoms with Crippen LogP contribution in [0.4, 0.5) is 19.1 Å². The molecule has 0 bridgehead atoms. The third kappa shape index (κ3) is 3.85. The second-order valence-corrected chi connectivity index (χ2v) is 7.90. The van der Waals surface area contributed by atoms with Gasteiger partial charge in [0.25, 0.3) is 5.56 Å². The van der Waals surface area contributed by atoms with Gasteiger partial charge in [-0.15, -0.1) is 0 Å². The highest BCUT2D eigenvalue weighted by atomic mass is 19.4. The fraction of sp³-hybridized carbons (Fsp3) is 0.450. The van der Waals surface area contributed by atoms with Crippen molar-refractivity contribution < 1.29 is 18.3 Å². The normalized spacial score (nSPS) is 19.3. The van der Waals surface area contributed by atoms with E-state index in [0.29, 0.717) is 24.4 Å². The summed E-state index contributed by atoms with van der Waals surface area (Å²) in [5.41, 5.74) is -1.18. The Morgan fingerprint density at radius 3 is 2.39 bits per heavy atom. The third-order valence-electron chi connectivity index (χ3n) is 5.72. The Kier molecular flexibility index (Phi) is 5.16. The fourth-order valence-corrected chi connectivity index (χ4v) is 3.97. The smallest absolute Gasteiger partial charge is 0.393 e. The predicted molar refractivity (Wildman–Crippen MR) is 108 cm³/mol. The SMILES string of the molecule is Cn1c(N[C@H]2CC[C@@H](O)C2)nc2c1c(=O)n(Cc1ccc(C(F)(F)F)cc1)c(=O)n2C. The molecule has 1 fully saturated rings. The van der Waals surface area contributed by atoms with Crippen LogP contribution in [0, 0.1) is 0 Å². The number of fused-ring (bicyclic) bond motifs is 1. The minimum atomic E-state index is -4.46. The van der Waals surface area contributed by atoms with Crippen LogP contribution in [0.2, 0.25) is 0 Å². The highest BCUT2D eigenvalue weighted by molar-refractivity contribution is 5.74. The van der Waals surface area contributed by atoms with E-state index in [9.17, 15) is 27.9 Å². The first-order valence-corrected chi connectivity index (χ1v) is 9.83. The number of hydrogen-bond acceptors (Lipinski definition) is 5. The summed E-state index contributed by atoms with van der Waals surface area (Å²) in [7, 11) is 3.14. The van der Waals surface area contributed by atoms with Crippen LogP contribution < -0.4 is 16.6 Å². The Morgan fingerprint density at radius 2 is 1.81 bits per heavy atom. The molecule has 0 saturated heterocycles. The molecule has 4 rings (SSSR count). The molecule has 0 radical (unpaired) electrons. The maximum Gasteiger partial charge on any atom is 0.416 e. The van der Waals surface area contributed by atoms with Crippen molar-refractivity contribution in [2.24, 2.45) is 14.1 Å². The summed E-state index contributed by atoms with van der Waals surface area (Å²) < 4.78 is 42.1. The highest BCUT2D eigenvalue weighted by Crippen LogP contribution is 2.29. The molecule has 2 aromatic heterocycles. The number of aliphatic hydroxyl groups excluding tert-OH is 1. The Labute approximate surface area is 174 Å². The van der Waals surface area contributed by atoms with E-state index in [2.05, 4.69) is 10.3 Å². The number of hydrogen-bond donors (Lipinski definition) is 2. The Morgan fingerprint density at radius 1 is 1.13 bits per heavy atom. The van der Waals surface area contributed by atoms with Crippen LogP contribution in [0.3, 0.4) is 0 Å². The minimum Gasteiger partial charge on any atom is -0.393 e. The lowest BCUT2D eigenvalue weighted by Gasteiger charge is -2.12.